The van der Waals surface area contributed by atoms with Crippen LogP contribution in [0.25, 0.3) is 0 Å². The molecule has 4 rings (SSSR count). The van der Waals surface area contributed by atoms with E-state index in [0.29, 0.717) is 17.8 Å². The molecule has 27 heavy (non-hydrogen) atoms. The zero-order valence-corrected chi connectivity index (χ0v) is 15.8. The Morgan fingerprint density at radius 2 is 2.19 bits per heavy atom. The Morgan fingerprint density at radius 1 is 1.33 bits per heavy atom. The number of rotatable bonds is 4. The van der Waals surface area contributed by atoms with Crippen LogP contribution in [0.3, 0.4) is 0 Å². The van der Waals surface area contributed by atoms with Crippen molar-refractivity contribution in [2.45, 2.75) is 45.8 Å². The number of carbonyl (C=O) groups is 1. The van der Waals surface area contributed by atoms with Gasteiger partial charge < -0.3 is 14.7 Å². The second-order valence-electron chi connectivity index (χ2n) is 7.34. The first-order valence-corrected chi connectivity index (χ1v) is 9.08. The summed E-state index contributed by atoms with van der Waals surface area (Å²) in [7, 11) is 0. The van der Waals surface area contributed by atoms with E-state index >= 15 is 0 Å². The first-order chi connectivity index (χ1) is 13.0. The van der Waals surface area contributed by atoms with Crippen LogP contribution in [-0.2, 0) is 16.2 Å². The summed E-state index contributed by atoms with van der Waals surface area (Å²) in [6, 6.07) is 3.62. The number of anilines is 1. The summed E-state index contributed by atoms with van der Waals surface area (Å²) < 4.78 is 5.25. The van der Waals surface area contributed by atoms with E-state index in [9.17, 15) is 4.79 Å². The Labute approximate surface area is 157 Å². The summed E-state index contributed by atoms with van der Waals surface area (Å²) in [6.45, 7) is 8.12. The SMILES string of the molecule is Cc1ncccc1NC(=O)C1=NO[C@@]2(CCN(Cc3c(C)noc3C)C2)C1. The van der Waals surface area contributed by atoms with E-state index in [1.165, 1.54) is 0 Å². The molecule has 1 atom stereocenters. The lowest BCUT2D eigenvalue weighted by Crippen LogP contribution is -2.35. The Hall–Kier alpha value is -2.74. The number of hydrogen-bond donors (Lipinski definition) is 1. The van der Waals surface area contributed by atoms with Gasteiger partial charge in [-0.05, 0) is 32.9 Å². The van der Waals surface area contributed by atoms with Crippen LogP contribution in [0, 0.1) is 20.8 Å². The number of pyridine rings is 1. The van der Waals surface area contributed by atoms with Gasteiger partial charge in [0.25, 0.3) is 5.91 Å². The maximum atomic E-state index is 12.6. The molecule has 4 heterocycles. The largest absolute Gasteiger partial charge is 0.387 e. The number of nitrogens with one attached hydrogen (secondary N) is 1. The van der Waals surface area contributed by atoms with Gasteiger partial charge in [0.2, 0.25) is 0 Å². The topological polar surface area (TPSA) is 92.8 Å². The number of amides is 1. The van der Waals surface area contributed by atoms with Gasteiger partial charge in [-0.25, -0.2) is 0 Å². The zero-order chi connectivity index (χ0) is 19.0. The number of oxime groups is 1. The smallest absolute Gasteiger partial charge is 0.273 e. The number of hydrogen-bond acceptors (Lipinski definition) is 7. The third-order valence-electron chi connectivity index (χ3n) is 5.31. The Morgan fingerprint density at radius 3 is 2.93 bits per heavy atom. The highest BCUT2D eigenvalue weighted by molar-refractivity contribution is 6.43. The molecular formula is C19H23N5O3. The second kappa shape index (κ2) is 6.77. The molecule has 8 nitrogen and oxygen atoms in total. The quantitative estimate of drug-likeness (QED) is 0.889. The van der Waals surface area contributed by atoms with E-state index in [1.54, 1.807) is 12.3 Å². The van der Waals surface area contributed by atoms with E-state index in [0.717, 1.165) is 48.8 Å². The molecule has 1 saturated heterocycles. The molecule has 2 aromatic rings. The van der Waals surface area contributed by atoms with Crippen molar-refractivity contribution in [3.8, 4) is 0 Å². The van der Waals surface area contributed by atoms with Crippen LogP contribution in [0.15, 0.2) is 28.0 Å². The van der Waals surface area contributed by atoms with Gasteiger partial charge in [-0.15, -0.1) is 0 Å². The fourth-order valence-corrected chi connectivity index (χ4v) is 3.69. The Kier molecular flexibility index (Phi) is 4.43. The molecule has 0 saturated carbocycles. The highest BCUT2D eigenvalue weighted by atomic mass is 16.7. The summed E-state index contributed by atoms with van der Waals surface area (Å²) in [5.41, 5.74) is 3.51. The van der Waals surface area contributed by atoms with Crippen molar-refractivity contribution < 1.29 is 14.2 Å². The summed E-state index contributed by atoms with van der Waals surface area (Å²) in [4.78, 5) is 24.8. The summed E-state index contributed by atoms with van der Waals surface area (Å²) >= 11 is 0. The van der Waals surface area contributed by atoms with Gasteiger partial charge in [-0.2, -0.15) is 0 Å². The van der Waals surface area contributed by atoms with Gasteiger partial charge in [-0.3, -0.25) is 14.7 Å². The molecule has 1 spiro atoms. The van der Waals surface area contributed by atoms with E-state index in [2.05, 4.69) is 25.5 Å². The highest BCUT2D eigenvalue weighted by Crippen LogP contribution is 2.35. The van der Waals surface area contributed by atoms with Crippen molar-refractivity contribution >= 4 is 17.3 Å². The standard InChI is InChI=1S/C19H23N5O3/c1-12-15(14(3)26-22-12)10-24-8-6-19(11-24)9-17(23-27-19)18(25)21-16-5-4-7-20-13(16)2/h4-5,7H,6,8-11H2,1-3H3,(H,21,25)/t19-/m0/s1. The molecule has 1 N–H and O–H groups in total. The van der Waals surface area contributed by atoms with Crippen LogP contribution in [0.4, 0.5) is 5.69 Å². The van der Waals surface area contributed by atoms with Gasteiger partial charge in [0, 0.05) is 44.2 Å². The first kappa shape index (κ1) is 17.7. The highest BCUT2D eigenvalue weighted by Gasteiger charge is 2.46. The van der Waals surface area contributed by atoms with E-state index < -0.39 is 5.60 Å². The van der Waals surface area contributed by atoms with Crippen molar-refractivity contribution in [3.63, 3.8) is 0 Å². The Balaban J connectivity index is 1.37. The number of likely N-dealkylation sites (tertiary alicyclic amines) is 1. The summed E-state index contributed by atoms with van der Waals surface area (Å²) in [5.74, 6) is 0.621. The Bertz CT molecular complexity index is 887. The lowest BCUT2D eigenvalue weighted by Gasteiger charge is -2.21. The average Bonchev–Trinajstić information content (AvgIpc) is 3.34. The van der Waals surface area contributed by atoms with Gasteiger partial charge in [0.15, 0.2) is 5.60 Å². The zero-order valence-electron chi connectivity index (χ0n) is 15.8. The summed E-state index contributed by atoms with van der Waals surface area (Å²) in [5, 5.41) is 11.0. The average molecular weight is 369 g/mol. The van der Waals surface area contributed by atoms with Crippen molar-refractivity contribution in [1.82, 2.24) is 15.0 Å². The fraction of sp³-hybridized carbons (Fsp3) is 0.474. The second-order valence-corrected chi connectivity index (χ2v) is 7.34. The van der Waals surface area contributed by atoms with Gasteiger partial charge in [-0.1, -0.05) is 10.3 Å². The van der Waals surface area contributed by atoms with Crippen molar-refractivity contribution in [1.29, 1.82) is 0 Å². The number of aryl methyl sites for hydroxylation is 3. The van der Waals surface area contributed by atoms with Crippen molar-refractivity contribution in [2.75, 3.05) is 18.4 Å². The molecule has 2 aromatic heterocycles. The molecule has 2 aliphatic heterocycles. The molecular weight excluding hydrogens is 346 g/mol. The minimum atomic E-state index is -0.421. The van der Waals surface area contributed by atoms with Crippen LogP contribution in [0.5, 0.6) is 0 Å². The first-order valence-electron chi connectivity index (χ1n) is 9.08. The van der Waals surface area contributed by atoms with E-state index in [4.69, 9.17) is 9.36 Å². The number of aromatic nitrogens is 2. The maximum absolute atomic E-state index is 12.6. The maximum Gasteiger partial charge on any atom is 0.273 e. The number of nitrogens with zero attached hydrogens (tertiary/aromatic N) is 4. The normalized spacial score (nSPS) is 22.1. The van der Waals surface area contributed by atoms with Crippen LogP contribution >= 0.6 is 0 Å². The predicted molar refractivity (Wildman–Crippen MR) is 99.3 cm³/mol. The summed E-state index contributed by atoms with van der Waals surface area (Å²) in [6.07, 6.45) is 3.04. The molecule has 0 aromatic carbocycles. The van der Waals surface area contributed by atoms with Gasteiger partial charge in [0.05, 0.1) is 17.1 Å². The third-order valence-corrected chi connectivity index (χ3v) is 5.31. The van der Waals surface area contributed by atoms with E-state index in [-0.39, 0.29) is 5.91 Å². The molecule has 8 heteroatoms. The van der Waals surface area contributed by atoms with Gasteiger partial charge in [0.1, 0.15) is 11.5 Å². The van der Waals surface area contributed by atoms with Crippen LogP contribution in [0.2, 0.25) is 0 Å². The predicted octanol–water partition coefficient (Wildman–Crippen LogP) is 2.35. The molecule has 0 bridgehead atoms. The van der Waals surface area contributed by atoms with Crippen molar-refractivity contribution in [3.05, 3.63) is 41.0 Å². The molecule has 1 fully saturated rings. The molecule has 0 unspecified atom stereocenters. The van der Waals surface area contributed by atoms with Crippen LogP contribution in [-0.4, -0.2) is 45.3 Å². The third kappa shape index (κ3) is 3.44. The fourth-order valence-electron chi connectivity index (χ4n) is 3.69. The van der Waals surface area contributed by atoms with E-state index in [1.807, 2.05) is 26.8 Å². The molecule has 0 aliphatic carbocycles. The van der Waals surface area contributed by atoms with Crippen LogP contribution < -0.4 is 5.32 Å². The van der Waals surface area contributed by atoms with Crippen LogP contribution in [0.1, 0.15) is 35.6 Å². The molecule has 1 amide bonds. The van der Waals surface area contributed by atoms with Gasteiger partial charge >= 0.3 is 0 Å². The lowest BCUT2D eigenvalue weighted by molar-refractivity contribution is -0.110. The molecule has 2 aliphatic rings. The lowest BCUT2D eigenvalue weighted by atomic mass is 9.96. The minimum absolute atomic E-state index is 0.229. The number of carbonyl (C=O) groups excluding carboxylic acids is 1. The molecule has 0 radical (unpaired) electrons. The monoisotopic (exact) mass is 369 g/mol. The molecule has 142 valence electrons. The minimum Gasteiger partial charge on any atom is -0.387 e. The van der Waals surface area contributed by atoms with Crippen molar-refractivity contribution in [2.24, 2.45) is 5.16 Å².